The van der Waals surface area contributed by atoms with Gasteiger partial charge in [0.25, 0.3) is 0 Å². The maximum Gasteiger partial charge on any atom is 0.151 e. The van der Waals surface area contributed by atoms with Crippen molar-refractivity contribution in [2.24, 2.45) is 5.92 Å². The van der Waals surface area contributed by atoms with Crippen LogP contribution in [0.4, 0.5) is 0 Å². The van der Waals surface area contributed by atoms with E-state index < -0.39 is 0 Å². The number of fused-ring (bicyclic) bond motifs is 1. The summed E-state index contributed by atoms with van der Waals surface area (Å²) < 4.78 is 0. The number of carbonyl (C=O) groups is 1. The van der Waals surface area contributed by atoms with Crippen molar-refractivity contribution in [1.29, 1.82) is 0 Å². The van der Waals surface area contributed by atoms with E-state index in [0.29, 0.717) is 24.8 Å². The predicted octanol–water partition coefficient (Wildman–Crippen LogP) is 3.45. The van der Waals surface area contributed by atoms with Crippen LogP contribution in [0.1, 0.15) is 44.1 Å². The lowest BCUT2D eigenvalue weighted by atomic mass is 9.78. The van der Waals surface area contributed by atoms with Gasteiger partial charge in [0.15, 0.2) is 5.78 Å². The number of hydrogen-bond acceptors (Lipinski definition) is 2. The van der Waals surface area contributed by atoms with Gasteiger partial charge in [0.2, 0.25) is 0 Å². The monoisotopic (exact) mass is 271 g/mol. The molecule has 2 nitrogen and oxygen atoms in total. The largest absolute Gasteiger partial charge is 0.298 e. The van der Waals surface area contributed by atoms with E-state index >= 15 is 0 Å². The minimum absolute atomic E-state index is 0.377. The Morgan fingerprint density at radius 1 is 1.05 bits per heavy atom. The molecule has 108 valence electrons. The van der Waals surface area contributed by atoms with Crippen LogP contribution in [0.3, 0.4) is 0 Å². The lowest BCUT2D eigenvalue weighted by molar-refractivity contribution is -0.121. The van der Waals surface area contributed by atoms with Crippen LogP contribution in [-0.2, 0) is 11.2 Å². The van der Waals surface area contributed by atoms with Crippen molar-refractivity contribution in [2.75, 3.05) is 13.1 Å². The van der Waals surface area contributed by atoms with Crippen molar-refractivity contribution in [3.63, 3.8) is 0 Å². The third-order valence-corrected chi connectivity index (χ3v) is 4.98. The third kappa shape index (κ3) is 3.29. The summed E-state index contributed by atoms with van der Waals surface area (Å²) in [5.74, 6) is 1.24. The highest BCUT2D eigenvalue weighted by molar-refractivity contribution is 5.82. The zero-order valence-corrected chi connectivity index (χ0v) is 12.3. The molecular formula is C18H25NO. The van der Waals surface area contributed by atoms with Crippen LogP contribution in [-0.4, -0.2) is 29.8 Å². The first-order valence-electron chi connectivity index (χ1n) is 8.12. The number of ketones is 1. The van der Waals surface area contributed by atoms with Crippen molar-refractivity contribution in [1.82, 2.24) is 4.90 Å². The highest BCUT2D eigenvalue weighted by Gasteiger charge is 2.33. The second-order valence-corrected chi connectivity index (χ2v) is 6.43. The molecule has 2 heteroatoms. The normalized spacial score (nSPS) is 27.0. The molecule has 20 heavy (non-hydrogen) atoms. The first-order chi connectivity index (χ1) is 9.83. The molecular weight excluding hydrogens is 246 g/mol. The molecule has 1 heterocycles. The van der Waals surface area contributed by atoms with Crippen molar-refractivity contribution in [2.45, 2.75) is 51.0 Å². The Morgan fingerprint density at radius 3 is 2.65 bits per heavy atom. The lowest BCUT2D eigenvalue weighted by Gasteiger charge is -2.43. The molecule has 2 atom stereocenters. The fourth-order valence-electron chi connectivity index (χ4n) is 4.03. The van der Waals surface area contributed by atoms with E-state index in [1.54, 1.807) is 0 Å². The Hall–Kier alpha value is -1.15. The summed E-state index contributed by atoms with van der Waals surface area (Å²) in [5, 5.41) is 0. The van der Waals surface area contributed by atoms with Crippen LogP contribution in [0.15, 0.2) is 30.3 Å². The Labute approximate surface area is 122 Å². The van der Waals surface area contributed by atoms with Gasteiger partial charge in [0.05, 0.1) is 6.54 Å². The fraction of sp³-hybridized carbons (Fsp3) is 0.611. The summed E-state index contributed by atoms with van der Waals surface area (Å²) in [6.45, 7) is 1.79. The summed E-state index contributed by atoms with van der Waals surface area (Å²) in [6.07, 6.45) is 8.69. The van der Waals surface area contributed by atoms with Crippen molar-refractivity contribution in [3.05, 3.63) is 35.9 Å². The van der Waals surface area contributed by atoms with Gasteiger partial charge in [-0.25, -0.2) is 0 Å². The fourth-order valence-corrected chi connectivity index (χ4v) is 4.03. The van der Waals surface area contributed by atoms with E-state index in [2.05, 4.69) is 17.0 Å². The molecule has 1 aromatic rings. The van der Waals surface area contributed by atoms with Crippen LogP contribution in [0.2, 0.25) is 0 Å². The number of rotatable bonds is 4. The summed E-state index contributed by atoms with van der Waals surface area (Å²) in [4.78, 5) is 14.8. The standard InChI is InChI=1S/C18H25NO/c20-17(13-15-7-2-1-3-8-15)14-19-12-6-10-16-9-4-5-11-18(16)19/h1-3,7-8,16,18H,4-6,9-14H2/t16-,18-/m1/s1. The summed E-state index contributed by atoms with van der Waals surface area (Å²) in [7, 11) is 0. The zero-order valence-electron chi connectivity index (χ0n) is 12.3. The highest BCUT2D eigenvalue weighted by Crippen LogP contribution is 2.35. The van der Waals surface area contributed by atoms with Crippen molar-refractivity contribution < 1.29 is 4.79 Å². The molecule has 2 fully saturated rings. The summed E-state index contributed by atoms with van der Waals surface area (Å²) >= 11 is 0. The number of hydrogen-bond donors (Lipinski definition) is 0. The Morgan fingerprint density at radius 2 is 1.80 bits per heavy atom. The molecule has 0 N–H and O–H groups in total. The Balaban J connectivity index is 1.57. The molecule has 1 aliphatic heterocycles. The van der Waals surface area contributed by atoms with Crippen LogP contribution >= 0.6 is 0 Å². The first-order valence-corrected chi connectivity index (χ1v) is 8.12. The topological polar surface area (TPSA) is 20.3 Å². The molecule has 0 spiro atoms. The van der Waals surface area contributed by atoms with Gasteiger partial charge in [-0.2, -0.15) is 0 Å². The van der Waals surface area contributed by atoms with Crippen LogP contribution in [0, 0.1) is 5.92 Å². The minimum atomic E-state index is 0.377. The SMILES string of the molecule is O=C(Cc1ccccc1)CN1CCC[C@H]2CCCC[C@H]21. The van der Waals surface area contributed by atoms with E-state index in [1.165, 1.54) is 38.5 Å². The van der Waals surface area contributed by atoms with E-state index in [9.17, 15) is 4.79 Å². The first kappa shape index (κ1) is 13.8. The number of likely N-dealkylation sites (tertiary alicyclic amines) is 1. The van der Waals surface area contributed by atoms with Gasteiger partial charge in [-0.1, -0.05) is 43.2 Å². The molecule has 2 aliphatic rings. The smallest absolute Gasteiger partial charge is 0.151 e. The lowest BCUT2D eigenvalue weighted by Crippen LogP contribution is -2.48. The number of Topliss-reactive ketones (excluding diaryl/α,β-unsaturated/α-hetero) is 1. The quantitative estimate of drug-likeness (QED) is 0.836. The molecule has 1 aromatic carbocycles. The van der Waals surface area contributed by atoms with Crippen LogP contribution < -0.4 is 0 Å². The number of nitrogens with zero attached hydrogens (tertiary/aromatic N) is 1. The summed E-state index contributed by atoms with van der Waals surface area (Å²) in [6, 6.07) is 10.8. The van der Waals surface area contributed by atoms with E-state index in [-0.39, 0.29) is 0 Å². The maximum absolute atomic E-state index is 12.3. The molecule has 1 saturated carbocycles. The Bertz CT molecular complexity index is 440. The molecule has 1 saturated heterocycles. The van der Waals surface area contributed by atoms with E-state index in [0.717, 1.165) is 18.0 Å². The Kier molecular flexibility index (Phi) is 4.51. The van der Waals surface area contributed by atoms with Gasteiger partial charge in [0.1, 0.15) is 0 Å². The molecule has 0 aromatic heterocycles. The summed E-state index contributed by atoms with van der Waals surface area (Å²) in [5.41, 5.74) is 1.15. The van der Waals surface area contributed by atoms with Crippen molar-refractivity contribution >= 4 is 5.78 Å². The van der Waals surface area contributed by atoms with Crippen LogP contribution in [0.25, 0.3) is 0 Å². The van der Waals surface area contributed by atoms with Crippen molar-refractivity contribution in [3.8, 4) is 0 Å². The number of carbonyl (C=O) groups excluding carboxylic acids is 1. The highest BCUT2D eigenvalue weighted by atomic mass is 16.1. The van der Waals surface area contributed by atoms with Gasteiger partial charge in [-0.3, -0.25) is 9.69 Å². The number of benzene rings is 1. The van der Waals surface area contributed by atoms with Gasteiger partial charge in [-0.05, 0) is 43.7 Å². The molecule has 0 bridgehead atoms. The van der Waals surface area contributed by atoms with Gasteiger partial charge >= 0.3 is 0 Å². The predicted molar refractivity (Wildman–Crippen MR) is 81.7 cm³/mol. The second-order valence-electron chi connectivity index (χ2n) is 6.43. The molecule has 0 unspecified atom stereocenters. The average molecular weight is 271 g/mol. The van der Waals surface area contributed by atoms with Crippen LogP contribution in [0.5, 0.6) is 0 Å². The molecule has 3 rings (SSSR count). The van der Waals surface area contributed by atoms with Gasteiger partial charge < -0.3 is 0 Å². The zero-order chi connectivity index (χ0) is 13.8. The van der Waals surface area contributed by atoms with Gasteiger partial charge in [0, 0.05) is 12.5 Å². The van der Waals surface area contributed by atoms with Gasteiger partial charge in [-0.15, -0.1) is 0 Å². The molecule has 1 aliphatic carbocycles. The van der Waals surface area contributed by atoms with E-state index in [4.69, 9.17) is 0 Å². The molecule has 0 amide bonds. The molecule has 0 radical (unpaired) electrons. The second kappa shape index (κ2) is 6.53. The average Bonchev–Trinajstić information content (AvgIpc) is 2.48. The number of piperidine rings is 1. The van der Waals surface area contributed by atoms with E-state index in [1.807, 2.05) is 18.2 Å². The third-order valence-electron chi connectivity index (χ3n) is 4.98. The maximum atomic E-state index is 12.3. The minimum Gasteiger partial charge on any atom is -0.298 e.